The molecule has 0 radical (unpaired) electrons. The van der Waals surface area contributed by atoms with Crippen LogP contribution in [0.4, 0.5) is 5.69 Å². The van der Waals surface area contributed by atoms with Crippen molar-refractivity contribution in [2.45, 2.75) is 38.1 Å². The average molecular weight is 284 g/mol. The summed E-state index contributed by atoms with van der Waals surface area (Å²) in [6.07, 6.45) is 6.28. The zero-order chi connectivity index (χ0) is 13.8. The van der Waals surface area contributed by atoms with E-state index in [0.29, 0.717) is 0 Å². The Bertz CT molecular complexity index is 501. The summed E-state index contributed by atoms with van der Waals surface area (Å²) in [7, 11) is 0. The monoisotopic (exact) mass is 283 g/mol. The molecular weight excluding hydrogens is 270 g/mol. The summed E-state index contributed by atoms with van der Waals surface area (Å²) in [5.74, 6) is -0.395. The molecule has 7 heteroatoms. The fourth-order valence-electron chi connectivity index (χ4n) is 2.21. The minimum absolute atomic E-state index is 0.0149. The summed E-state index contributed by atoms with van der Waals surface area (Å²) >= 11 is 5.82. The number of amides is 1. The van der Waals surface area contributed by atoms with Crippen molar-refractivity contribution in [3.63, 3.8) is 0 Å². The summed E-state index contributed by atoms with van der Waals surface area (Å²) in [4.78, 5) is 25.8. The second kappa shape index (κ2) is 5.97. The normalized spacial score (nSPS) is 16.1. The molecule has 1 aliphatic rings. The van der Waals surface area contributed by atoms with Crippen molar-refractivity contribution in [3.05, 3.63) is 33.1 Å². The molecule has 1 saturated carbocycles. The first-order valence-corrected chi connectivity index (χ1v) is 6.56. The van der Waals surface area contributed by atoms with Gasteiger partial charge in [-0.05, 0) is 12.8 Å². The second-order valence-electron chi connectivity index (χ2n) is 4.60. The third-order valence-electron chi connectivity index (χ3n) is 3.22. The van der Waals surface area contributed by atoms with Gasteiger partial charge in [0.25, 0.3) is 11.6 Å². The van der Waals surface area contributed by atoms with Crippen LogP contribution in [0.3, 0.4) is 0 Å². The number of hydrogen-bond donors (Lipinski definition) is 1. The van der Waals surface area contributed by atoms with E-state index >= 15 is 0 Å². The standard InChI is InChI=1S/C12H14ClN3O3/c13-11-10(6-9(7-14-11)16(18)19)12(17)15-8-4-2-1-3-5-8/h6-8H,1-5H2,(H,15,17). The van der Waals surface area contributed by atoms with Crippen molar-refractivity contribution in [1.29, 1.82) is 0 Å². The molecule has 1 aliphatic carbocycles. The number of nitrogens with zero attached hydrogens (tertiary/aromatic N) is 2. The minimum atomic E-state index is -0.597. The van der Waals surface area contributed by atoms with Crippen molar-refractivity contribution in [2.24, 2.45) is 0 Å². The molecule has 1 aromatic rings. The lowest BCUT2D eigenvalue weighted by Crippen LogP contribution is -2.36. The van der Waals surface area contributed by atoms with Gasteiger partial charge in [0.15, 0.2) is 0 Å². The van der Waals surface area contributed by atoms with Gasteiger partial charge in [-0.1, -0.05) is 30.9 Å². The van der Waals surface area contributed by atoms with Crippen LogP contribution in [0.1, 0.15) is 42.5 Å². The lowest BCUT2D eigenvalue weighted by atomic mass is 9.95. The van der Waals surface area contributed by atoms with E-state index in [1.54, 1.807) is 0 Å². The van der Waals surface area contributed by atoms with E-state index in [1.165, 1.54) is 6.42 Å². The van der Waals surface area contributed by atoms with E-state index in [9.17, 15) is 14.9 Å². The van der Waals surface area contributed by atoms with Gasteiger partial charge in [0.1, 0.15) is 11.3 Å². The Kier molecular flexibility index (Phi) is 4.31. The number of rotatable bonds is 3. The Morgan fingerprint density at radius 2 is 2.11 bits per heavy atom. The molecule has 19 heavy (non-hydrogen) atoms. The molecule has 2 rings (SSSR count). The van der Waals surface area contributed by atoms with Crippen LogP contribution in [0.25, 0.3) is 0 Å². The number of nitro groups is 1. The van der Waals surface area contributed by atoms with Gasteiger partial charge in [-0.2, -0.15) is 0 Å². The van der Waals surface area contributed by atoms with E-state index in [-0.39, 0.29) is 22.4 Å². The van der Waals surface area contributed by atoms with Crippen molar-refractivity contribution >= 4 is 23.2 Å². The minimum Gasteiger partial charge on any atom is -0.349 e. The van der Waals surface area contributed by atoms with E-state index < -0.39 is 10.8 Å². The molecule has 0 spiro atoms. The van der Waals surface area contributed by atoms with Gasteiger partial charge < -0.3 is 5.32 Å². The lowest BCUT2D eigenvalue weighted by molar-refractivity contribution is -0.385. The maximum absolute atomic E-state index is 12.1. The number of nitrogens with one attached hydrogen (secondary N) is 1. The van der Waals surface area contributed by atoms with Crippen LogP contribution >= 0.6 is 11.6 Å². The molecule has 0 saturated heterocycles. The highest BCUT2D eigenvalue weighted by Crippen LogP contribution is 2.21. The third-order valence-corrected chi connectivity index (χ3v) is 3.52. The summed E-state index contributed by atoms with van der Waals surface area (Å²) < 4.78 is 0. The summed E-state index contributed by atoms with van der Waals surface area (Å²) in [6.45, 7) is 0. The molecule has 0 unspecified atom stereocenters. The molecule has 0 aromatic carbocycles. The topological polar surface area (TPSA) is 85.1 Å². The fourth-order valence-corrected chi connectivity index (χ4v) is 2.40. The zero-order valence-electron chi connectivity index (χ0n) is 10.3. The number of pyridine rings is 1. The maximum Gasteiger partial charge on any atom is 0.288 e. The van der Waals surface area contributed by atoms with Crippen LogP contribution in [0.15, 0.2) is 12.3 Å². The molecule has 0 aliphatic heterocycles. The Morgan fingerprint density at radius 1 is 1.42 bits per heavy atom. The number of aromatic nitrogens is 1. The molecule has 1 amide bonds. The molecule has 1 N–H and O–H groups in total. The van der Waals surface area contributed by atoms with Crippen LogP contribution in [0, 0.1) is 10.1 Å². The summed E-state index contributed by atoms with van der Waals surface area (Å²) in [6, 6.07) is 1.28. The number of hydrogen-bond acceptors (Lipinski definition) is 4. The summed E-state index contributed by atoms with van der Waals surface area (Å²) in [5.41, 5.74) is -0.181. The van der Waals surface area contributed by atoms with Gasteiger partial charge in [-0.25, -0.2) is 4.98 Å². The fraction of sp³-hybridized carbons (Fsp3) is 0.500. The van der Waals surface area contributed by atoms with Crippen LogP contribution in [0.5, 0.6) is 0 Å². The van der Waals surface area contributed by atoms with E-state index in [2.05, 4.69) is 10.3 Å². The van der Waals surface area contributed by atoms with Gasteiger partial charge in [0.05, 0.1) is 10.5 Å². The van der Waals surface area contributed by atoms with E-state index in [1.807, 2.05) is 0 Å². The first kappa shape index (κ1) is 13.7. The first-order chi connectivity index (χ1) is 9.08. The lowest BCUT2D eigenvalue weighted by Gasteiger charge is -2.22. The Balaban J connectivity index is 2.13. The SMILES string of the molecule is O=C(NC1CCCCC1)c1cc([N+](=O)[O-])cnc1Cl. The number of halogens is 1. The number of carbonyl (C=O) groups excluding carboxylic acids is 1. The van der Waals surface area contributed by atoms with Crippen LogP contribution in [0.2, 0.25) is 5.15 Å². The zero-order valence-corrected chi connectivity index (χ0v) is 11.0. The average Bonchev–Trinajstić information content (AvgIpc) is 2.40. The highest BCUT2D eigenvalue weighted by atomic mass is 35.5. The Morgan fingerprint density at radius 3 is 2.74 bits per heavy atom. The molecule has 1 aromatic heterocycles. The third kappa shape index (κ3) is 3.41. The van der Waals surface area contributed by atoms with Crippen molar-refractivity contribution in [1.82, 2.24) is 10.3 Å². The number of carbonyl (C=O) groups is 1. The van der Waals surface area contributed by atoms with Gasteiger partial charge in [0.2, 0.25) is 0 Å². The molecule has 6 nitrogen and oxygen atoms in total. The quantitative estimate of drug-likeness (QED) is 0.525. The van der Waals surface area contributed by atoms with Crippen molar-refractivity contribution in [3.8, 4) is 0 Å². The van der Waals surface area contributed by atoms with Crippen molar-refractivity contribution < 1.29 is 9.72 Å². The highest BCUT2D eigenvalue weighted by molar-refractivity contribution is 6.32. The van der Waals surface area contributed by atoms with Gasteiger partial charge >= 0.3 is 0 Å². The second-order valence-corrected chi connectivity index (χ2v) is 4.96. The largest absolute Gasteiger partial charge is 0.349 e. The Labute approximate surface area is 115 Å². The van der Waals surface area contributed by atoms with Crippen LogP contribution < -0.4 is 5.32 Å². The van der Waals surface area contributed by atoms with Crippen molar-refractivity contribution in [2.75, 3.05) is 0 Å². The predicted octanol–water partition coefficient (Wildman–Crippen LogP) is 2.71. The molecule has 102 valence electrons. The maximum atomic E-state index is 12.1. The molecule has 0 atom stereocenters. The van der Waals surface area contributed by atoms with Crippen LogP contribution in [-0.4, -0.2) is 21.9 Å². The van der Waals surface area contributed by atoms with E-state index in [0.717, 1.165) is 37.9 Å². The van der Waals surface area contributed by atoms with Gasteiger partial charge in [-0.3, -0.25) is 14.9 Å². The molecular formula is C12H14ClN3O3. The Hall–Kier alpha value is -1.69. The van der Waals surface area contributed by atoms with Gasteiger partial charge in [0, 0.05) is 12.1 Å². The van der Waals surface area contributed by atoms with E-state index in [4.69, 9.17) is 11.6 Å². The first-order valence-electron chi connectivity index (χ1n) is 6.18. The molecule has 1 fully saturated rings. The summed E-state index contributed by atoms with van der Waals surface area (Å²) in [5, 5.41) is 13.5. The smallest absolute Gasteiger partial charge is 0.288 e. The predicted molar refractivity (Wildman–Crippen MR) is 70.2 cm³/mol. The molecule has 0 bridgehead atoms. The highest BCUT2D eigenvalue weighted by Gasteiger charge is 2.21. The van der Waals surface area contributed by atoms with Crippen LogP contribution in [-0.2, 0) is 0 Å². The molecule has 1 heterocycles. The van der Waals surface area contributed by atoms with Gasteiger partial charge in [-0.15, -0.1) is 0 Å².